The van der Waals surface area contributed by atoms with Crippen molar-refractivity contribution in [2.75, 3.05) is 32.4 Å². The molecule has 1 aromatic rings. The van der Waals surface area contributed by atoms with E-state index in [2.05, 4.69) is 10.2 Å². The van der Waals surface area contributed by atoms with Crippen molar-refractivity contribution in [2.45, 2.75) is 19.3 Å². The lowest BCUT2D eigenvalue weighted by Gasteiger charge is -2.31. The third-order valence-electron chi connectivity index (χ3n) is 4.48. The second-order valence-corrected chi connectivity index (χ2v) is 7.10. The number of Topliss-reactive ketones (excluding diaryl/α,β-unsaturated/α-hetero) is 1. The third kappa shape index (κ3) is 6.42. The lowest BCUT2D eigenvalue weighted by molar-refractivity contribution is -0.403. The minimum Gasteiger partial charge on any atom is -0.375 e. The van der Waals surface area contributed by atoms with Crippen LogP contribution in [0, 0.1) is 21.8 Å². The predicted octanol–water partition coefficient (Wildman–Crippen LogP) is 3.14. The lowest BCUT2D eigenvalue weighted by Crippen LogP contribution is -2.37. The van der Waals surface area contributed by atoms with Crippen molar-refractivity contribution < 1.29 is 14.1 Å². The van der Waals surface area contributed by atoms with Gasteiger partial charge in [-0.05, 0) is 69.4 Å². The van der Waals surface area contributed by atoms with Crippen LogP contribution in [-0.4, -0.2) is 48.0 Å². The zero-order chi connectivity index (χ0) is 18.9. The molecule has 142 valence electrons. The molecular weight excluding hydrogens is 357 g/mol. The van der Waals surface area contributed by atoms with E-state index in [-0.39, 0.29) is 17.5 Å². The second kappa shape index (κ2) is 10.3. The average Bonchev–Trinajstić information content (AvgIpc) is 2.64. The fourth-order valence-electron chi connectivity index (χ4n) is 3.05. The maximum Gasteiger partial charge on any atom is 0.263 e. The van der Waals surface area contributed by atoms with Crippen molar-refractivity contribution >= 4 is 17.5 Å². The smallest absolute Gasteiger partial charge is 0.263 e. The Morgan fingerprint density at radius 1 is 1.38 bits per heavy atom. The van der Waals surface area contributed by atoms with Gasteiger partial charge in [-0.1, -0.05) is 0 Å². The Labute approximate surface area is 157 Å². The highest BCUT2D eigenvalue weighted by Gasteiger charge is 2.25. The van der Waals surface area contributed by atoms with Gasteiger partial charge in [0.25, 0.3) is 6.20 Å². The van der Waals surface area contributed by atoms with Gasteiger partial charge in [0.1, 0.15) is 10.8 Å². The van der Waals surface area contributed by atoms with Crippen molar-refractivity contribution in [2.24, 2.45) is 5.92 Å². The Morgan fingerprint density at radius 3 is 2.62 bits per heavy atom. The molecule has 1 aromatic carbocycles. The first kappa shape index (κ1) is 20.4. The minimum absolute atomic E-state index is 0.000884. The Hall–Kier alpha value is -1.93. The van der Waals surface area contributed by atoms with E-state index in [0.29, 0.717) is 17.1 Å². The van der Waals surface area contributed by atoms with E-state index in [0.717, 1.165) is 45.1 Å². The van der Waals surface area contributed by atoms with Crippen molar-refractivity contribution in [3.05, 3.63) is 57.0 Å². The molecule has 1 fully saturated rings. The molecule has 0 saturated carbocycles. The molecule has 0 spiro atoms. The molecule has 6 nitrogen and oxygen atoms in total. The van der Waals surface area contributed by atoms with E-state index < -0.39 is 4.92 Å². The average molecular weight is 381 g/mol. The first-order chi connectivity index (χ1) is 12.5. The summed E-state index contributed by atoms with van der Waals surface area (Å²) in [6.07, 6.45) is 5.27. The fourth-order valence-corrected chi connectivity index (χ4v) is 3.49. The standard InChI is InChI=1S/C18H24FN3O3S/c1-26-17(13-22(24)25)20-9-2-10-21-11-7-15(8-12-21)18(23)14-3-5-16(19)6-4-14/h3-6,13,15,20H,2,7-12H2,1H3/b17-13-. The van der Waals surface area contributed by atoms with Gasteiger partial charge in [0, 0.05) is 18.0 Å². The second-order valence-electron chi connectivity index (χ2n) is 6.25. The number of nitrogens with zero attached hydrogens (tertiary/aromatic N) is 2. The van der Waals surface area contributed by atoms with Gasteiger partial charge < -0.3 is 10.2 Å². The van der Waals surface area contributed by atoms with Gasteiger partial charge in [0.15, 0.2) is 5.78 Å². The zero-order valence-corrected chi connectivity index (χ0v) is 15.6. The van der Waals surface area contributed by atoms with Crippen molar-refractivity contribution in [3.8, 4) is 0 Å². The SMILES string of the molecule is CS/C(=C\[N+](=O)[O-])NCCCN1CCC(C(=O)c2ccc(F)cc2)CC1. The molecule has 8 heteroatoms. The first-order valence-electron chi connectivity index (χ1n) is 8.65. The number of hydrogen-bond donors (Lipinski definition) is 1. The normalized spacial score (nSPS) is 16.5. The summed E-state index contributed by atoms with van der Waals surface area (Å²) in [5, 5.41) is 14.1. The molecule has 1 heterocycles. The molecule has 1 aliphatic heterocycles. The van der Waals surface area contributed by atoms with Crippen LogP contribution in [-0.2, 0) is 0 Å². The molecule has 1 aliphatic rings. The summed E-state index contributed by atoms with van der Waals surface area (Å²) >= 11 is 1.32. The van der Waals surface area contributed by atoms with Crippen LogP contribution in [0.3, 0.4) is 0 Å². The molecule has 0 radical (unpaired) electrons. The van der Waals surface area contributed by atoms with Gasteiger partial charge in [0.2, 0.25) is 0 Å². The summed E-state index contributed by atoms with van der Waals surface area (Å²) in [7, 11) is 0. The number of hydrogen-bond acceptors (Lipinski definition) is 6. The van der Waals surface area contributed by atoms with Crippen LogP contribution in [0.25, 0.3) is 0 Å². The Kier molecular flexibility index (Phi) is 8.06. The summed E-state index contributed by atoms with van der Waals surface area (Å²) in [5.74, 6) is -0.232. The van der Waals surface area contributed by atoms with Gasteiger partial charge in [-0.2, -0.15) is 0 Å². The number of nitro groups is 1. The number of carbonyl (C=O) groups excluding carboxylic acids is 1. The van der Waals surface area contributed by atoms with Crippen molar-refractivity contribution in [1.29, 1.82) is 0 Å². The van der Waals surface area contributed by atoms with E-state index in [1.165, 1.54) is 23.9 Å². The molecule has 0 bridgehead atoms. The molecule has 0 aliphatic carbocycles. The van der Waals surface area contributed by atoms with Crippen LogP contribution in [0.1, 0.15) is 29.6 Å². The number of ketones is 1. The number of thioether (sulfide) groups is 1. The quantitative estimate of drug-likeness (QED) is 0.307. The summed E-state index contributed by atoms with van der Waals surface area (Å²) < 4.78 is 13.0. The van der Waals surface area contributed by atoms with Gasteiger partial charge in [-0.15, -0.1) is 11.8 Å². The predicted molar refractivity (Wildman–Crippen MR) is 101 cm³/mol. The molecule has 2 rings (SSSR count). The number of nitrogens with one attached hydrogen (secondary N) is 1. The third-order valence-corrected chi connectivity index (χ3v) is 5.17. The number of likely N-dealkylation sites (tertiary alicyclic amines) is 1. The summed E-state index contributed by atoms with van der Waals surface area (Å²) in [4.78, 5) is 24.8. The molecule has 0 unspecified atom stereocenters. The van der Waals surface area contributed by atoms with Gasteiger partial charge in [0.05, 0.1) is 4.92 Å². The molecule has 0 atom stereocenters. The van der Waals surface area contributed by atoms with E-state index in [1.54, 1.807) is 18.4 Å². The fraction of sp³-hybridized carbons (Fsp3) is 0.500. The summed E-state index contributed by atoms with van der Waals surface area (Å²) in [5.41, 5.74) is 0.580. The van der Waals surface area contributed by atoms with Crippen LogP contribution in [0.4, 0.5) is 4.39 Å². The van der Waals surface area contributed by atoms with Crippen LogP contribution < -0.4 is 5.32 Å². The Bertz CT molecular complexity index is 644. The molecule has 1 saturated heterocycles. The van der Waals surface area contributed by atoms with Crippen LogP contribution >= 0.6 is 11.8 Å². The van der Waals surface area contributed by atoms with Crippen molar-refractivity contribution in [3.63, 3.8) is 0 Å². The summed E-state index contributed by atoms with van der Waals surface area (Å²) in [6.45, 7) is 3.29. The van der Waals surface area contributed by atoms with E-state index >= 15 is 0 Å². The monoisotopic (exact) mass is 381 g/mol. The van der Waals surface area contributed by atoms with Crippen LogP contribution in [0.15, 0.2) is 35.5 Å². The first-order valence-corrected chi connectivity index (χ1v) is 9.87. The maximum atomic E-state index is 13.0. The number of piperidine rings is 1. The topological polar surface area (TPSA) is 75.5 Å². The van der Waals surface area contributed by atoms with Gasteiger partial charge >= 0.3 is 0 Å². The van der Waals surface area contributed by atoms with Gasteiger partial charge in [-0.25, -0.2) is 4.39 Å². The highest BCUT2D eigenvalue weighted by Crippen LogP contribution is 2.22. The lowest BCUT2D eigenvalue weighted by atomic mass is 9.89. The van der Waals surface area contributed by atoms with E-state index in [1.807, 2.05) is 0 Å². The number of benzene rings is 1. The highest BCUT2D eigenvalue weighted by atomic mass is 32.2. The van der Waals surface area contributed by atoms with Crippen molar-refractivity contribution in [1.82, 2.24) is 10.2 Å². The Morgan fingerprint density at radius 2 is 2.04 bits per heavy atom. The Balaban J connectivity index is 1.69. The van der Waals surface area contributed by atoms with E-state index in [9.17, 15) is 19.3 Å². The molecule has 1 N–H and O–H groups in total. The number of rotatable bonds is 9. The van der Waals surface area contributed by atoms with Crippen LogP contribution in [0.2, 0.25) is 0 Å². The summed E-state index contributed by atoms with van der Waals surface area (Å²) in [6, 6.07) is 5.76. The molecule has 26 heavy (non-hydrogen) atoms. The van der Waals surface area contributed by atoms with E-state index in [4.69, 9.17) is 0 Å². The number of carbonyl (C=O) groups is 1. The molecular formula is C18H24FN3O3S. The zero-order valence-electron chi connectivity index (χ0n) is 14.8. The number of halogens is 1. The molecule has 0 aromatic heterocycles. The largest absolute Gasteiger partial charge is 0.375 e. The van der Waals surface area contributed by atoms with Gasteiger partial charge in [-0.3, -0.25) is 14.9 Å². The molecule has 0 amide bonds. The minimum atomic E-state index is -0.457. The van der Waals surface area contributed by atoms with Crippen LogP contribution in [0.5, 0.6) is 0 Å². The highest BCUT2D eigenvalue weighted by molar-refractivity contribution is 8.02. The maximum absolute atomic E-state index is 13.0.